The van der Waals surface area contributed by atoms with Crippen molar-refractivity contribution in [2.75, 3.05) is 17.4 Å². The summed E-state index contributed by atoms with van der Waals surface area (Å²) >= 11 is 2.83. The van der Waals surface area contributed by atoms with Crippen molar-refractivity contribution >= 4 is 41.1 Å². The van der Waals surface area contributed by atoms with Crippen LogP contribution in [0.5, 0.6) is 0 Å². The number of nitrogens with zero attached hydrogens (tertiary/aromatic N) is 1. The third-order valence-corrected chi connectivity index (χ3v) is 6.00. The molecule has 1 amide bonds. The molecule has 0 saturated carbocycles. The van der Waals surface area contributed by atoms with E-state index in [1.165, 1.54) is 47.5 Å². The molecule has 2 rings (SSSR count). The number of amides is 1. The zero-order chi connectivity index (χ0) is 14.9. The Hall–Kier alpha value is -1.21. The third-order valence-electron chi connectivity index (χ3n) is 3.04. The van der Waals surface area contributed by atoms with Gasteiger partial charge in [-0.3, -0.25) is 14.5 Å². The van der Waals surface area contributed by atoms with Crippen molar-refractivity contribution in [3.05, 3.63) is 30.1 Å². The standard InChI is InChI=1S/C13H14FNO3S2/c1-8(16)18-11-12(17)15(13(11,19-2)20-3)10-6-4-9(14)5-7-10/h4-7,11H,1-3H3. The van der Waals surface area contributed by atoms with E-state index in [0.29, 0.717) is 5.69 Å². The fourth-order valence-corrected chi connectivity index (χ4v) is 4.29. The first-order valence-corrected chi connectivity index (χ1v) is 8.28. The van der Waals surface area contributed by atoms with E-state index in [4.69, 9.17) is 4.74 Å². The quantitative estimate of drug-likeness (QED) is 0.485. The molecule has 1 unspecified atom stereocenters. The summed E-state index contributed by atoms with van der Waals surface area (Å²) < 4.78 is 17.4. The first-order valence-electron chi connectivity index (χ1n) is 5.83. The topological polar surface area (TPSA) is 46.6 Å². The molecule has 1 saturated heterocycles. The van der Waals surface area contributed by atoms with Crippen LogP contribution in [0, 0.1) is 5.82 Å². The minimum absolute atomic E-state index is 0.296. The Balaban J connectivity index is 2.35. The van der Waals surface area contributed by atoms with Gasteiger partial charge in [-0.2, -0.15) is 0 Å². The van der Waals surface area contributed by atoms with Crippen LogP contribution in [0.4, 0.5) is 10.1 Å². The number of rotatable bonds is 4. The van der Waals surface area contributed by atoms with Gasteiger partial charge >= 0.3 is 5.97 Å². The van der Waals surface area contributed by atoms with Crippen LogP contribution in [0.1, 0.15) is 6.92 Å². The van der Waals surface area contributed by atoms with Gasteiger partial charge in [0.1, 0.15) is 5.82 Å². The maximum Gasteiger partial charge on any atom is 0.303 e. The minimum atomic E-state index is -0.824. The predicted molar refractivity (Wildman–Crippen MR) is 79.2 cm³/mol. The number of hydrogen-bond donors (Lipinski definition) is 0. The average molecular weight is 315 g/mol. The Labute approximate surface area is 125 Å². The molecule has 0 aliphatic carbocycles. The second kappa shape index (κ2) is 5.65. The summed E-state index contributed by atoms with van der Waals surface area (Å²) in [6.07, 6.45) is 2.86. The van der Waals surface area contributed by atoms with Crippen LogP contribution in [-0.4, -0.2) is 34.7 Å². The number of carbonyl (C=O) groups excluding carboxylic acids is 2. The molecule has 1 aromatic rings. The molecule has 1 aromatic carbocycles. The van der Waals surface area contributed by atoms with Crippen molar-refractivity contribution in [1.82, 2.24) is 0 Å². The van der Waals surface area contributed by atoms with Gasteiger partial charge in [0.25, 0.3) is 5.91 Å². The summed E-state index contributed by atoms with van der Waals surface area (Å²) in [5.41, 5.74) is 0.587. The Morgan fingerprint density at radius 1 is 1.30 bits per heavy atom. The van der Waals surface area contributed by atoms with Crippen molar-refractivity contribution in [2.24, 2.45) is 0 Å². The Morgan fingerprint density at radius 2 is 1.85 bits per heavy atom. The molecule has 4 nitrogen and oxygen atoms in total. The molecule has 1 atom stereocenters. The van der Waals surface area contributed by atoms with Gasteiger partial charge in [0.05, 0.1) is 0 Å². The monoisotopic (exact) mass is 315 g/mol. The second-order valence-corrected chi connectivity index (χ2v) is 6.50. The van der Waals surface area contributed by atoms with Crippen LogP contribution in [0.15, 0.2) is 24.3 Å². The molecule has 0 aromatic heterocycles. The summed E-state index contributed by atoms with van der Waals surface area (Å²) in [6, 6.07) is 5.68. The van der Waals surface area contributed by atoms with E-state index < -0.39 is 16.3 Å². The maximum absolute atomic E-state index is 13.0. The zero-order valence-electron chi connectivity index (χ0n) is 11.3. The van der Waals surface area contributed by atoms with Crippen molar-refractivity contribution in [3.63, 3.8) is 0 Å². The summed E-state index contributed by atoms with van der Waals surface area (Å²) in [5, 5.41) is 0. The fourth-order valence-electron chi connectivity index (χ4n) is 2.15. The van der Waals surface area contributed by atoms with E-state index in [-0.39, 0.29) is 11.7 Å². The van der Waals surface area contributed by atoms with Crippen molar-refractivity contribution in [2.45, 2.75) is 17.2 Å². The van der Waals surface area contributed by atoms with Gasteiger partial charge in [-0.25, -0.2) is 4.39 Å². The first kappa shape index (κ1) is 15.2. The zero-order valence-corrected chi connectivity index (χ0v) is 12.9. The molecule has 1 aliphatic heterocycles. The Kier molecular flexibility index (Phi) is 4.29. The third kappa shape index (κ3) is 2.29. The lowest BCUT2D eigenvalue weighted by molar-refractivity contribution is -0.159. The number of carbonyl (C=O) groups is 2. The smallest absolute Gasteiger partial charge is 0.303 e. The van der Waals surface area contributed by atoms with Gasteiger partial charge in [-0.05, 0) is 36.8 Å². The number of thioether (sulfide) groups is 2. The van der Waals surface area contributed by atoms with Gasteiger partial charge in [0, 0.05) is 12.6 Å². The van der Waals surface area contributed by atoms with E-state index in [1.54, 1.807) is 12.1 Å². The van der Waals surface area contributed by atoms with Crippen LogP contribution < -0.4 is 4.90 Å². The lowest BCUT2D eigenvalue weighted by Gasteiger charge is -2.53. The van der Waals surface area contributed by atoms with Crippen molar-refractivity contribution < 1.29 is 18.7 Å². The van der Waals surface area contributed by atoms with E-state index in [2.05, 4.69) is 0 Å². The molecule has 20 heavy (non-hydrogen) atoms. The Morgan fingerprint density at radius 3 is 2.30 bits per heavy atom. The molecular formula is C13H14FNO3S2. The van der Waals surface area contributed by atoms with E-state index in [0.717, 1.165) is 0 Å². The molecule has 0 radical (unpaired) electrons. The average Bonchev–Trinajstić information content (AvgIpc) is 2.43. The molecule has 7 heteroatoms. The number of ether oxygens (including phenoxy) is 1. The Bertz CT molecular complexity index is 531. The highest BCUT2D eigenvalue weighted by Gasteiger charge is 2.63. The van der Waals surface area contributed by atoms with Crippen LogP contribution >= 0.6 is 23.5 Å². The van der Waals surface area contributed by atoms with E-state index in [1.807, 2.05) is 12.5 Å². The van der Waals surface area contributed by atoms with Crippen LogP contribution in [0.25, 0.3) is 0 Å². The number of esters is 1. The molecule has 1 fully saturated rings. The minimum Gasteiger partial charge on any atom is -0.448 e. The highest BCUT2D eigenvalue weighted by molar-refractivity contribution is 8.18. The summed E-state index contributed by atoms with van der Waals surface area (Å²) in [6.45, 7) is 1.28. The second-order valence-electron chi connectivity index (χ2n) is 4.18. The highest BCUT2D eigenvalue weighted by Crippen LogP contribution is 2.52. The normalized spacial score (nSPS) is 20.5. The van der Waals surface area contributed by atoms with Crippen molar-refractivity contribution in [1.29, 1.82) is 0 Å². The van der Waals surface area contributed by atoms with Crippen LogP contribution in [0.2, 0.25) is 0 Å². The van der Waals surface area contributed by atoms with E-state index >= 15 is 0 Å². The highest BCUT2D eigenvalue weighted by atomic mass is 32.2. The van der Waals surface area contributed by atoms with Gasteiger partial charge in [-0.15, -0.1) is 23.5 Å². The molecule has 1 heterocycles. The van der Waals surface area contributed by atoms with Gasteiger partial charge in [-0.1, -0.05) is 0 Å². The molecular weight excluding hydrogens is 301 g/mol. The summed E-state index contributed by atoms with van der Waals surface area (Å²) in [4.78, 5) is 24.9. The molecule has 0 spiro atoms. The number of hydrogen-bond acceptors (Lipinski definition) is 5. The summed E-state index contributed by atoms with van der Waals surface area (Å²) in [7, 11) is 0. The fraction of sp³-hybridized carbons (Fsp3) is 0.385. The summed E-state index contributed by atoms with van der Waals surface area (Å²) in [5.74, 6) is -1.15. The lowest BCUT2D eigenvalue weighted by atomic mass is 10.1. The molecule has 108 valence electrons. The van der Waals surface area contributed by atoms with Crippen LogP contribution in [0.3, 0.4) is 0 Å². The van der Waals surface area contributed by atoms with E-state index in [9.17, 15) is 14.0 Å². The van der Waals surface area contributed by atoms with Gasteiger partial charge in [0.2, 0.25) is 6.10 Å². The first-order chi connectivity index (χ1) is 9.46. The van der Waals surface area contributed by atoms with Crippen molar-refractivity contribution in [3.8, 4) is 0 Å². The molecule has 0 N–H and O–H groups in total. The molecule has 0 bridgehead atoms. The molecule has 1 aliphatic rings. The SMILES string of the molecule is CSC1(SC)C(OC(C)=O)C(=O)N1c1ccc(F)cc1. The maximum atomic E-state index is 13.0. The lowest BCUT2D eigenvalue weighted by Crippen LogP contribution is -2.72. The largest absolute Gasteiger partial charge is 0.448 e. The number of halogens is 1. The number of benzene rings is 1. The van der Waals surface area contributed by atoms with Crippen LogP contribution in [-0.2, 0) is 14.3 Å². The van der Waals surface area contributed by atoms with Gasteiger partial charge in [0.15, 0.2) is 4.20 Å². The van der Waals surface area contributed by atoms with Gasteiger partial charge < -0.3 is 4.74 Å². The predicted octanol–water partition coefficient (Wildman–Crippen LogP) is 2.48. The number of anilines is 1. The number of β-lactam (4-membered cyclic amide) rings is 1.